The summed E-state index contributed by atoms with van der Waals surface area (Å²) < 4.78 is 5.43. The maximum Gasteiger partial charge on any atom is 0.218 e. The van der Waals surface area contributed by atoms with Crippen molar-refractivity contribution in [2.45, 2.75) is 26.2 Å². The monoisotopic (exact) mass is 207 g/mol. The molecular weight excluding hydrogens is 190 g/mol. The van der Waals surface area contributed by atoms with Gasteiger partial charge in [-0.05, 0) is 25.2 Å². The Bertz CT molecular complexity index is 312. The van der Waals surface area contributed by atoms with Gasteiger partial charge >= 0.3 is 0 Å². The number of ether oxygens (including phenoxy) is 1. The molecule has 1 aromatic heterocycles. The number of hydrogen-bond donors (Lipinski definition) is 1. The van der Waals surface area contributed by atoms with Crippen molar-refractivity contribution < 1.29 is 4.74 Å². The van der Waals surface area contributed by atoms with Gasteiger partial charge in [-0.25, -0.2) is 9.97 Å². The normalized spacial score (nSPS) is 15.0. The van der Waals surface area contributed by atoms with Crippen LogP contribution in [0.25, 0.3) is 0 Å². The van der Waals surface area contributed by atoms with Gasteiger partial charge in [0.25, 0.3) is 0 Å². The highest BCUT2D eigenvalue weighted by Crippen LogP contribution is 2.28. The molecule has 0 atom stereocenters. The summed E-state index contributed by atoms with van der Waals surface area (Å²) in [5.74, 6) is 2.37. The standard InChI is InChI=1S/C11H17N3O/c1-2-5-15-11-6-10(13-8-14-11)12-7-9-3-4-9/h6,8-9H,2-5,7H2,1H3,(H,12,13,14). The van der Waals surface area contributed by atoms with Crippen molar-refractivity contribution in [3.63, 3.8) is 0 Å². The van der Waals surface area contributed by atoms with Crippen molar-refractivity contribution in [1.29, 1.82) is 0 Å². The zero-order valence-electron chi connectivity index (χ0n) is 9.07. The highest BCUT2D eigenvalue weighted by molar-refractivity contribution is 5.37. The van der Waals surface area contributed by atoms with E-state index in [1.165, 1.54) is 12.8 Å². The van der Waals surface area contributed by atoms with Crippen molar-refractivity contribution in [3.05, 3.63) is 12.4 Å². The van der Waals surface area contributed by atoms with Gasteiger partial charge in [-0.2, -0.15) is 0 Å². The minimum atomic E-state index is 0.658. The van der Waals surface area contributed by atoms with Crippen LogP contribution in [0.3, 0.4) is 0 Å². The molecule has 1 heterocycles. The number of rotatable bonds is 6. The van der Waals surface area contributed by atoms with E-state index in [1.807, 2.05) is 6.07 Å². The summed E-state index contributed by atoms with van der Waals surface area (Å²) in [5, 5.41) is 3.29. The van der Waals surface area contributed by atoms with Gasteiger partial charge in [0.1, 0.15) is 12.1 Å². The molecule has 0 aromatic carbocycles. The lowest BCUT2D eigenvalue weighted by atomic mass is 10.4. The summed E-state index contributed by atoms with van der Waals surface area (Å²) in [6.45, 7) is 3.80. The zero-order valence-corrected chi connectivity index (χ0v) is 9.07. The van der Waals surface area contributed by atoms with E-state index in [-0.39, 0.29) is 0 Å². The van der Waals surface area contributed by atoms with Crippen molar-refractivity contribution in [1.82, 2.24) is 9.97 Å². The Kier molecular flexibility index (Phi) is 3.37. The lowest BCUT2D eigenvalue weighted by Crippen LogP contribution is -2.06. The Morgan fingerprint density at radius 1 is 1.47 bits per heavy atom. The highest BCUT2D eigenvalue weighted by atomic mass is 16.5. The van der Waals surface area contributed by atoms with Crippen LogP contribution in [0.4, 0.5) is 5.82 Å². The molecule has 1 saturated carbocycles. The number of hydrogen-bond acceptors (Lipinski definition) is 4. The molecule has 0 unspecified atom stereocenters. The van der Waals surface area contributed by atoms with Crippen LogP contribution in [0.15, 0.2) is 12.4 Å². The fourth-order valence-electron chi connectivity index (χ4n) is 1.29. The Labute approximate surface area is 90.1 Å². The van der Waals surface area contributed by atoms with Gasteiger partial charge in [-0.1, -0.05) is 6.92 Å². The van der Waals surface area contributed by atoms with Gasteiger partial charge in [-0.15, -0.1) is 0 Å². The molecule has 0 bridgehead atoms. The summed E-state index contributed by atoms with van der Waals surface area (Å²) in [6, 6.07) is 1.86. The van der Waals surface area contributed by atoms with E-state index in [0.29, 0.717) is 12.5 Å². The Morgan fingerprint density at radius 2 is 2.33 bits per heavy atom. The molecule has 15 heavy (non-hydrogen) atoms. The Balaban J connectivity index is 1.85. The summed E-state index contributed by atoms with van der Waals surface area (Å²) in [5.41, 5.74) is 0. The molecule has 1 N–H and O–H groups in total. The summed E-state index contributed by atoms with van der Waals surface area (Å²) in [7, 11) is 0. The Morgan fingerprint density at radius 3 is 3.07 bits per heavy atom. The third-order valence-corrected chi connectivity index (χ3v) is 2.36. The van der Waals surface area contributed by atoms with Gasteiger partial charge in [0.15, 0.2) is 0 Å². The van der Waals surface area contributed by atoms with Crippen LogP contribution in [0.5, 0.6) is 5.88 Å². The van der Waals surface area contributed by atoms with Crippen LogP contribution in [-0.4, -0.2) is 23.1 Å². The SMILES string of the molecule is CCCOc1cc(NCC2CC2)ncn1. The fourth-order valence-corrected chi connectivity index (χ4v) is 1.29. The Hall–Kier alpha value is -1.32. The average molecular weight is 207 g/mol. The molecule has 4 heteroatoms. The second-order valence-electron chi connectivity index (χ2n) is 3.91. The number of anilines is 1. The van der Waals surface area contributed by atoms with E-state index in [9.17, 15) is 0 Å². The van der Waals surface area contributed by atoms with Crippen molar-refractivity contribution in [3.8, 4) is 5.88 Å². The van der Waals surface area contributed by atoms with E-state index in [1.54, 1.807) is 6.33 Å². The van der Waals surface area contributed by atoms with E-state index >= 15 is 0 Å². The molecule has 0 radical (unpaired) electrons. The maximum atomic E-state index is 5.43. The van der Waals surface area contributed by atoms with Gasteiger partial charge in [-0.3, -0.25) is 0 Å². The summed E-state index contributed by atoms with van der Waals surface area (Å²) in [4.78, 5) is 8.19. The second kappa shape index (κ2) is 4.96. The third-order valence-electron chi connectivity index (χ3n) is 2.36. The molecule has 0 saturated heterocycles. The van der Waals surface area contributed by atoms with Crippen LogP contribution >= 0.6 is 0 Å². The third kappa shape index (κ3) is 3.38. The van der Waals surface area contributed by atoms with Crippen LogP contribution in [-0.2, 0) is 0 Å². The van der Waals surface area contributed by atoms with Crippen molar-refractivity contribution in [2.24, 2.45) is 5.92 Å². The van der Waals surface area contributed by atoms with E-state index in [4.69, 9.17) is 4.74 Å². The van der Waals surface area contributed by atoms with Crippen LogP contribution in [0, 0.1) is 5.92 Å². The van der Waals surface area contributed by atoms with E-state index in [0.717, 1.165) is 24.7 Å². The van der Waals surface area contributed by atoms with Crippen molar-refractivity contribution >= 4 is 5.82 Å². The van der Waals surface area contributed by atoms with E-state index < -0.39 is 0 Å². The summed E-state index contributed by atoms with van der Waals surface area (Å²) >= 11 is 0. The number of aromatic nitrogens is 2. The molecule has 1 fully saturated rings. The molecule has 4 nitrogen and oxygen atoms in total. The molecule has 1 aromatic rings. The average Bonchev–Trinajstić information content (AvgIpc) is 3.08. The van der Waals surface area contributed by atoms with Crippen LogP contribution in [0.2, 0.25) is 0 Å². The second-order valence-corrected chi connectivity index (χ2v) is 3.91. The van der Waals surface area contributed by atoms with Gasteiger partial charge < -0.3 is 10.1 Å². The highest BCUT2D eigenvalue weighted by Gasteiger charge is 2.20. The molecule has 1 aliphatic rings. The van der Waals surface area contributed by atoms with Gasteiger partial charge in [0.2, 0.25) is 5.88 Å². The lowest BCUT2D eigenvalue weighted by Gasteiger charge is -2.06. The maximum absolute atomic E-state index is 5.43. The lowest BCUT2D eigenvalue weighted by molar-refractivity contribution is 0.305. The predicted octanol–water partition coefficient (Wildman–Crippen LogP) is 2.09. The molecule has 0 spiro atoms. The zero-order chi connectivity index (χ0) is 10.5. The minimum Gasteiger partial charge on any atom is -0.478 e. The summed E-state index contributed by atoms with van der Waals surface area (Å²) in [6.07, 6.45) is 5.23. The topological polar surface area (TPSA) is 47.0 Å². The smallest absolute Gasteiger partial charge is 0.218 e. The number of nitrogens with zero attached hydrogens (tertiary/aromatic N) is 2. The van der Waals surface area contributed by atoms with Crippen LogP contribution < -0.4 is 10.1 Å². The van der Waals surface area contributed by atoms with Crippen LogP contribution in [0.1, 0.15) is 26.2 Å². The van der Waals surface area contributed by atoms with Gasteiger partial charge in [0, 0.05) is 12.6 Å². The minimum absolute atomic E-state index is 0.658. The van der Waals surface area contributed by atoms with Gasteiger partial charge in [0.05, 0.1) is 6.61 Å². The first kappa shape index (κ1) is 10.2. The molecule has 1 aliphatic carbocycles. The molecular formula is C11H17N3O. The largest absolute Gasteiger partial charge is 0.478 e. The molecule has 2 rings (SSSR count). The molecule has 0 amide bonds. The first-order chi connectivity index (χ1) is 7.38. The first-order valence-electron chi connectivity index (χ1n) is 5.57. The van der Waals surface area contributed by atoms with E-state index in [2.05, 4.69) is 22.2 Å². The number of nitrogens with one attached hydrogen (secondary N) is 1. The quantitative estimate of drug-likeness (QED) is 0.776. The molecule has 0 aliphatic heterocycles. The molecule has 82 valence electrons. The first-order valence-corrected chi connectivity index (χ1v) is 5.57. The predicted molar refractivity (Wildman–Crippen MR) is 59.0 cm³/mol. The van der Waals surface area contributed by atoms with Crippen molar-refractivity contribution in [2.75, 3.05) is 18.5 Å². The fraction of sp³-hybridized carbons (Fsp3) is 0.636.